The van der Waals surface area contributed by atoms with Gasteiger partial charge in [0.1, 0.15) is 11.6 Å². The summed E-state index contributed by atoms with van der Waals surface area (Å²) in [5.74, 6) is -3.20. The zero-order valence-electron chi connectivity index (χ0n) is 14.0. The molecule has 0 radical (unpaired) electrons. The number of hydrogen-bond acceptors (Lipinski definition) is 6. The molecular weight excluding hydrogens is 382 g/mol. The number of non-ortho nitro benzene ring substituents is 1. The third kappa shape index (κ3) is 6.03. The van der Waals surface area contributed by atoms with Crippen LogP contribution < -0.4 is 5.32 Å². The molecule has 142 valence electrons. The minimum Gasteiger partial charge on any atom is -0.452 e. The first-order valence-electron chi connectivity index (χ1n) is 7.59. The van der Waals surface area contributed by atoms with Gasteiger partial charge in [-0.25, -0.2) is 8.78 Å². The minimum atomic E-state index is -1.22. The van der Waals surface area contributed by atoms with Crippen LogP contribution >= 0.6 is 11.8 Å². The summed E-state index contributed by atoms with van der Waals surface area (Å²) in [5.41, 5.74) is -0.431. The van der Waals surface area contributed by atoms with E-state index in [1.54, 1.807) is 0 Å². The second kappa shape index (κ2) is 9.08. The number of benzene rings is 2. The molecule has 1 N–H and O–H groups in total. The summed E-state index contributed by atoms with van der Waals surface area (Å²) >= 11 is 1.07. The molecule has 0 heterocycles. The van der Waals surface area contributed by atoms with Crippen molar-refractivity contribution in [1.29, 1.82) is 0 Å². The summed E-state index contributed by atoms with van der Waals surface area (Å²) in [6, 6.07) is 8.16. The summed E-state index contributed by atoms with van der Waals surface area (Å²) in [7, 11) is 0. The van der Waals surface area contributed by atoms with Gasteiger partial charge in [-0.1, -0.05) is 0 Å². The van der Waals surface area contributed by atoms with Crippen LogP contribution in [0.4, 0.5) is 20.2 Å². The average molecular weight is 396 g/mol. The molecule has 2 aromatic carbocycles. The number of nitro benzene ring substituents is 1. The van der Waals surface area contributed by atoms with Gasteiger partial charge in [0.15, 0.2) is 6.10 Å². The van der Waals surface area contributed by atoms with Crippen LogP contribution in [0.3, 0.4) is 0 Å². The smallest absolute Gasteiger partial charge is 0.317 e. The number of ether oxygens (including phenoxy) is 1. The zero-order valence-corrected chi connectivity index (χ0v) is 14.8. The molecule has 1 amide bonds. The van der Waals surface area contributed by atoms with Crippen molar-refractivity contribution >= 4 is 35.0 Å². The molecule has 0 aliphatic carbocycles. The molecule has 27 heavy (non-hydrogen) atoms. The van der Waals surface area contributed by atoms with E-state index in [9.17, 15) is 28.5 Å². The lowest BCUT2D eigenvalue weighted by Crippen LogP contribution is -2.30. The molecule has 7 nitrogen and oxygen atoms in total. The van der Waals surface area contributed by atoms with Crippen molar-refractivity contribution in [3.8, 4) is 0 Å². The molecule has 0 bridgehead atoms. The summed E-state index contributed by atoms with van der Waals surface area (Å²) < 4.78 is 31.5. The number of hydrogen-bond donors (Lipinski definition) is 1. The molecular formula is C17H14F2N2O5S. The Kier molecular flexibility index (Phi) is 6.83. The van der Waals surface area contributed by atoms with E-state index in [0.29, 0.717) is 4.90 Å². The van der Waals surface area contributed by atoms with Crippen molar-refractivity contribution < 1.29 is 28.0 Å². The highest BCUT2D eigenvalue weighted by Crippen LogP contribution is 2.21. The number of carbonyl (C=O) groups excluding carboxylic acids is 2. The number of anilines is 1. The normalized spacial score (nSPS) is 11.5. The fourth-order valence-corrected chi connectivity index (χ4v) is 2.60. The molecule has 0 aliphatic rings. The number of nitrogens with zero attached hydrogens (tertiary/aromatic N) is 1. The van der Waals surface area contributed by atoms with E-state index in [1.807, 2.05) is 0 Å². The van der Waals surface area contributed by atoms with Gasteiger partial charge in [-0.2, -0.15) is 0 Å². The maximum atomic E-state index is 13.5. The van der Waals surface area contributed by atoms with Crippen molar-refractivity contribution in [3.63, 3.8) is 0 Å². The van der Waals surface area contributed by atoms with Gasteiger partial charge in [0.25, 0.3) is 11.6 Å². The Morgan fingerprint density at radius 2 is 1.89 bits per heavy atom. The van der Waals surface area contributed by atoms with Gasteiger partial charge in [-0.3, -0.25) is 19.7 Å². The fourth-order valence-electron chi connectivity index (χ4n) is 1.92. The molecule has 0 saturated heterocycles. The van der Waals surface area contributed by atoms with Crippen molar-refractivity contribution in [2.24, 2.45) is 0 Å². The first-order valence-corrected chi connectivity index (χ1v) is 8.57. The molecule has 0 saturated carbocycles. The van der Waals surface area contributed by atoms with Crippen molar-refractivity contribution in [2.45, 2.75) is 17.9 Å². The van der Waals surface area contributed by atoms with Gasteiger partial charge in [-0.05, 0) is 31.2 Å². The third-order valence-corrected chi connectivity index (χ3v) is 4.25. The summed E-state index contributed by atoms with van der Waals surface area (Å²) in [4.78, 5) is 34.4. The lowest BCUT2D eigenvalue weighted by Gasteiger charge is -2.14. The molecule has 0 aliphatic heterocycles. The number of carbonyl (C=O) groups is 2. The molecule has 0 aromatic heterocycles. The monoisotopic (exact) mass is 396 g/mol. The Morgan fingerprint density at radius 3 is 2.52 bits per heavy atom. The highest BCUT2D eigenvalue weighted by molar-refractivity contribution is 8.00. The lowest BCUT2D eigenvalue weighted by atomic mass is 10.2. The first kappa shape index (κ1) is 20.3. The fraction of sp³-hybridized carbons (Fsp3) is 0.176. The molecule has 10 heteroatoms. The van der Waals surface area contributed by atoms with E-state index in [4.69, 9.17) is 4.74 Å². The maximum Gasteiger partial charge on any atom is 0.317 e. The summed E-state index contributed by atoms with van der Waals surface area (Å²) in [6.07, 6.45) is -1.22. The van der Waals surface area contributed by atoms with Gasteiger partial charge < -0.3 is 10.1 Å². The van der Waals surface area contributed by atoms with Crippen LogP contribution in [0.2, 0.25) is 0 Å². The zero-order chi connectivity index (χ0) is 20.0. The van der Waals surface area contributed by atoms with E-state index in [-0.39, 0.29) is 17.1 Å². The van der Waals surface area contributed by atoms with Crippen molar-refractivity contribution in [3.05, 3.63) is 64.2 Å². The van der Waals surface area contributed by atoms with Gasteiger partial charge in [0, 0.05) is 23.1 Å². The maximum absolute atomic E-state index is 13.5. The van der Waals surface area contributed by atoms with E-state index >= 15 is 0 Å². The molecule has 1 atom stereocenters. The topological polar surface area (TPSA) is 98.5 Å². The van der Waals surface area contributed by atoms with Crippen LogP contribution in [-0.2, 0) is 14.3 Å². The average Bonchev–Trinajstić information content (AvgIpc) is 2.63. The Balaban J connectivity index is 1.84. The Hall–Kier alpha value is -3.01. The van der Waals surface area contributed by atoms with Crippen LogP contribution in [0.1, 0.15) is 6.92 Å². The molecule has 0 fully saturated rings. The van der Waals surface area contributed by atoms with E-state index < -0.39 is 34.5 Å². The largest absolute Gasteiger partial charge is 0.452 e. The molecule has 0 spiro atoms. The predicted octanol–water partition coefficient (Wildman–Crippen LogP) is 3.54. The SMILES string of the molecule is C[C@@H](OC(=O)CSc1ccc([N+](=O)[O-])cc1)C(=O)Nc1cc(F)ccc1F. The summed E-state index contributed by atoms with van der Waals surface area (Å²) in [6.45, 7) is 1.29. The van der Waals surface area contributed by atoms with Crippen LogP contribution in [0.15, 0.2) is 47.4 Å². The van der Waals surface area contributed by atoms with Gasteiger partial charge in [0.05, 0.1) is 16.4 Å². The Morgan fingerprint density at radius 1 is 1.22 bits per heavy atom. The van der Waals surface area contributed by atoms with Crippen LogP contribution in [-0.4, -0.2) is 28.7 Å². The van der Waals surface area contributed by atoms with Crippen LogP contribution in [0.5, 0.6) is 0 Å². The number of amides is 1. The molecule has 0 unspecified atom stereocenters. The highest BCUT2D eigenvalue weighted by Gasteiger charge is 2.19. The number of rotatable bonds is 7. The highest BCUT2D eigenvalue weighted by atomic mass is 32.2. The number of thioether (sulfide) groups is 1. The van der Waals surface area contributed by atoms with Crippen molar-refractivity contribution in [1.82, 2.24) is 0 Å². The minimum absolute atomic E-state index is 0.0724. The number of nitro groups is 1. The Labute approximate surface area is 156 Å². The predicted molar refractivity (Wildman–Crippen MR) is 94.4 cm³/mol. The van der Waals surface area contributed by atoms with Crippen LogP contribution in [0, 0.1) is 21.7 Å². The van der Waals surface area contributed by atoms with E-state index in [0.717, 1.165) is 30.0 Å². The Bertz CT molecular complexity index is 861. The standard InChI is InChI=1S/C17H14F2N2O5S/c1-10(17(23)20-15-8-11(18)2-7-14(15)19)26-16(22)9-27-13-5-3-12(4-6-13)21(24)25/h2-8,10H,9H2,1H3,(H,20,23)/t10-/m1/s1. The van der Waals surface area contributed by atoms with Crippen LogP contribution in [0.25, 0.3) is 0 Å². The second-order valence-electron chi connectivity index (χ2n) is 5.29. The summed E-state index contributed by atoms with van der Waals surface area (Å²) in [5, 5.41) is 12.7. The van der Waals surface area contributed by atoms with Gasteiger partial charge in [0.2, 0.25) is 0 Å². The quantitative estimate of drug-likeness (QED) is 0.333. The third-order valence-electron chi connectivity index (χ3n) is 3.27. The second-order valence-corrected chi connectivity index (χ2v) is 6.33. The number of esters is 1. The van der Waals surface area contributed by atoms with Gasteiger partial charge >= 0.3 is 5.97 Å². The molecule has 2 rings (SSSR count). The number of nitrogens with one attached hydrogen (secondary N) is 1. The molecule has 2 aromatic rings. The van der Waals surface area contributed by atoms with E-state index in [1.165, 1.54) is 31.2 Å². The first-order chi connectivity index (χ1) is 12.8. The van der Waals surface area contributed by atoms with Crippen molar-refractivity contribution in [2.75, 3.05) is 11.1 Å². The van der Waals surface area contributed by atoms with Gasteiger partial charge in [-0.15, -0.1) is 11.8 Å². The van der Waals surface area contributed by atoms with E-state index in [2.05, 4.69) is 5.32 Å². The lowest BCUT2D eigenvalue weighted by molar-refractivity contribution is -0.384. The number of halogens is 2.